The molecule has 6 heteroatoms. The first-order chi connectivity index (χ1) is 15.2. The van der Waals surface area contributed by atoms with E-state index in [0.717, 1.165) is 46.4 Å². The van der Waals surface area contributed by atoms with Gasteiger partial charge in [0.1, 0.15) is 18.2 Å². The maximum atomic E-state index is 12.7. The fraction of sp³-hybridized carbons (Fsp3) is 0.200. The average Bonchev–Trinajstić information content (AvgIpc) is 3.45. The second-order valence-corrected chi connectivity index (χ2v) is 7.76. The number of fused-ring (bicyclic) bond motifs is 1. The number of phenolic OH excluding ortho intramolecular Hbond substituents is 1. The van der Waals surface area contributed by atoms with Gasteiger partial charge in [0.2, 0.25) is 0 Å². The molecule has 0 spiro atoms. The number of nitrogens with zero attached hydrogens (tertiary/aromatic N) is 2. The first kappa shape index (κ1) is 19.2. The van der Waals surface area contributed by atoms with Gasteiger partial charge in [0.25, 0.3) is 0 Å². The van der Waals surface area contributed by atoms with Gasteiger partial charge in [0.15, 0.2) is 0 Å². The van der Waals surface area contributed by atoms with E-state index in [1.807, 2.05) is 60.7 Å². The van der Waals surface area contributed by atoms with Gasteiger partial charge in [0, 0.05) is 12.1 Å². The fourth-order valence-electron chi connectivity index (χ4n) is 4.14. The van der Waals surface area contributed by atoms with Crippen LogP contribution in [0.4, 0.5) is 4.79 Å². The number of hydrogen-bond donors (Lipinski definition) is 2. The number of para-hydroxylation sites is 1. The van der Waals surface area contributed by atoms with Crippen LogP contribution in [-0.4, -0.2) is 32.6 Å². The summed E-state index contributed by atoms with van der Waals surface area (Å²) < 4.78 is 5.55. The molecule has 5 rings (SSSR count). The molecule has 1 aliphatic rings. The molecule has 1 saturated heterocycles. The van der Waals surface area contributed by atoms with E-state index in [4.69, 9.17) is 9.72 Å². The van der Waals surface area contributed by atoms with Crippen molar-refractivity contribution in [1.82, 2.24) is 14.9 Å². The summed E-state index contributed by atoms with van der Waals surface area (Å²) in [6.45, 7) is 0.908. The normalized spacial score (nSPS) is 16.0. The number of rotatable bonds is 4. The highest BCUT2D eigenvalue weighted by molar-refractivity contribution is 5.83. The lowest BCUT2D eigenvalue weighted by molar-refractivity contribution is 0.0910. The zero-order valence-corrected chi connectivity index (χ0v) is 17.0. The van der Waals surface area contributed by atoms with Gasteiger partial charge in [-0.1, -0.05) is 54.6 Å². The molecule has 0 radical (unpaired) electrons. The Balaban J connectivity index is 1.36. The lowest BCUT2D eigenvalue weighted by Gasteiger charge is -2.22. The molecular weight excluding hydrogens is 390 g/mol. The van der Waals surface area contributed by atoms with Crippen LogP contribution in [0.25, 0.3) is 22.2 Å². The van der Waals surface area contributed by atoms with Crippen LogP contribution in [0.1, 0.15) is 30.3 Å². The fourth-order valence-corrected chi connectivity index (χ4v) is 4.14. The van der Waals surface area contributed by atoms with Gasteiger partial charge >= 0.3 is 6.09 Å². The van der Waals surface area contributed by atoms with E-state index in [1.165, 1.54) is 0 Å². The highest BCUT2D eigenvalue weighted by Gasteiger charge is 2.33. The minimum Gasteiger partial charge on any atom is -0.507 e. The van der Waals surface area contributed by atoms with Crippen LogP contribution in [0.3, 0.4) is 0 Å². The number of amides is 1. The van der Waals surface area contributed by atoms with Crippen molar-refractivity contribution in [2.75, 3.05) is 6.54 Å². The minimum atomic E-state index is -0.318. The maximum Gasteiger partial charge on any atom is 0.410 e. The van der Waals surface area contributed by atoms with Crippen molar-refractivity contribution in [3.05, 3.63) is 84.2 Å². The molecule has 156 valence electrons. The smallest absolute Gasteiger partial charge is 0.410 e. The zero-order valence-electron chi connectivity index (χ0n) is 17.0. The summed E-state index contributed by atoms with van der Waals surface area (Å²) in [5, 5.41) is 10.2. The predicted octanol–water partition coefficient (Wildman–Crippen LogP) is 5.41. The minimum absolute atomic E-state index is 0.135. The Hall–Kier alpha value is -3.80. The summed E-state index contributed by atoms with van der Waals surface area (Å²) >= 11 is 0. The van der Waals surface area contributed by atoms with Crippen molar-refractivity contribution < 1.29 is 14.6 Å². The van der Waals surface area contributed by atoms with Gasteiger partial charge in [-0.3, -0.25) is 4.90 Å². The van der Waals surface area contributed by atoms with Crippen LogP contribution < -0.4 is 0 Å². The summed E-state index contributed by atoms with van der Waals surface area (Å²) in [4.78, 5) is 22.6. The van der Waals surface area contributed by atoms with Crippen LogP contribution in [0.15, 0.2) is 72.8 Å². The van der Waals surface area contributed by atoms with E-state index < -0.39 is 0 Å². The zero-order chi connectivity index (χ0) is 21.2. The second kappa shape index (κ2) is 8.14. The Morgan fingerprint density at radius 1 is 1.10 bits per heavy atom. The number of aromatic hydroxyl groups is 1. The summed E-state index contributed by atoms with van der Waals surface area (Å²) in [6, 6.07) is 22.7. The highest BCUT2D eigenvalue weighted by atomic mass is 16.6. The molecule has 1 atom stereocenters. The lowest BCUT2D eigenvalue weighted by atomic mass is 10.0. The van der Waals surface area contributed by atoms with E-state index in [-0.39, 0.29) is 24.5 Å². The van der Waals surface area contributed by atoms with Crippen molar-refractivity contribution in [1.29, 1.82) is 0 Å². The maximum absolute atomic E-state index is 12.7. The quantitative estimate of drug-likeness (QED) is 0.469. The third-order valence-corrected chi connectivity index (χ3v) is 5.72. The highest BCUT2D eigenvalue weighted by Crippen LogP contribution is 2.34. The molecule has 0 saturated carbocycles. The number of hydrogen-bond acceptors (Lipinski definition) is 4. The van der Waals surface area contributed by atoms with E-state index >= 15 is 0 Å². The molecule has 4 aromatic rings. The van der Waals surface area contributed by atoms with Gasteiger partial charge in [-0.15, -0.1) is 0 Å². The van der Waals surface area contributed by atoms with Crippen molar-refractivity contribution in [3.8, 4) is 16.9 Å². The van der Waals surface area contributed by atoms with Gasteiger partial charge in [-0.2, -0.15) is 0 Å². The van der Waals surface area contributed by atoms with E-state index in [2.05, 4.69) is 4.98 Å². The monoisotopic (exact) mass is 413 g/mol. The van der Waals surface area contributed by atoms with E-state index in [1.54, 1.807) is 17.0 Å². The Kier molecular flexibility index (Phi) is 5.04. The average molecular weight is 413 g/mol. The van der Waals surface area contributed by atoms with Crippen LogP contribution in [0.2, 0.25) is 0 Å². The van der Waals surface area contributed by atoms with Gasteiger partial charge in [-0.05, 0) is 42.2 Å². The topological polar surface area (TPSA) is 78.4 Å². The molecule has 1 amide bonds. The van der Waals surface area contributed by atoms with Crippen molar-refractivity contribution in [2.24, 2.45) is 0 Å². The van der Waals surface area contributed by atoms with Crippen LogP contribution in [-0.2, 0) is 11.3 Å². The van der Waals surface area contributed by atoms with Crippen molar-refractivity contribution >= 4 is 17.1 Å². The number of carbonyl (C=O) groups excluding carboxylic acids is 1. The molecule has 0 unspecified atom stereocenters. The summed E-state index contributed by atoms with van der Waals surface area (Å²) in [5.41, 5.74) is 4.35. The predicted molar refractivity (Wildman–Crippen MR) is 119 cm³/mol. The number of aromatic nitrogens is 2. The first-order valence-corrected chi connectivity index (χ1v) is 10.4. The number of aromatic amines is 1. The standard InChI is InChI=1S/C25H23N3O3/c29-23-11-5-4-9-19(23)18-12-13-20-21(15-18)27-24(26-20)22-10-6-14-28(22)25(30)31-16-17-7-2-1-3-8-17/h1-5,7-9,11-13,15,22,29H,6,10,14,16H2,(H,26,27)/t22-/m0/s1. The molecule has 2 heterocycles. The first-order valence-electron chi connectivity index (χ1n) is 10.4. The molecule has 1 fully saturated rings. The van der Waals surface area contributed by atoms with Crippen LogP contribution in [0.5, 0.6) is 5.75 Å². The molecule has 2 N–H and O–H groups in total. The van der Waals surface area contributed by atoms with E-state index in [0.29, 0.717) is 6.54 Å². The van der Waals surface area contributed by atoms with Crippen molar-refractivity contribution in [3.63, 3.8) is 0 Å². The number of ether oxygens (including phenoxy) is 1. The third-order valence-electron chi connectivity index (χ3n) is 5.72. The Labute approximate surface area is 180 Å². The Morgan fingerprint density at radius 3 is 2.74 bits per heavy atom. The molecule has 1 aromatic heterocycles. The SMILES string of the molecule is O=C(OCc1ccccc1)N1CCC[C@H]1c1nc2ccc(-c3ccccc3O)cc2[nH]1. The number of carbonyl (C=O) groups is 1. The molecule has 0 aliphatic carbocycles. The Bertz CT molecular complexity index is 1220. The summed E-state index contributed by atoms with van der Waals surface area (Å²) in [7, 11) is 0. The molecule has 31 heavy (non-hydrogen) atoms. The number of phenols is 1. The summed E-state index contributed by atoms with van der Waals surface area (Å²) in [6.07, 6.45) is 1.43. The molecular formula is C25H23N3O3. The van der Waals surface area contributed by atoms with Gasteiger partial charge in [0.05, 0.1) is 17.1 Å². The lowest BCUT2D eigenvalue weighted by Crippen LogP contribution is -2.31. The summed E-state index contributed by atoms with van der Waals surface area (Å²) in [5.74, 6) is 1.00. The Morgan fingerprint density at radius 2 is 1.90 bits per heavy atom. The van der Waals surface area contributed by atoms with Gasteiger partial charge in [-0.25, -0.2) is 9.78 Å². The number of nitrogens with one attached hydrogen (secondary N) is 1. The number of H-pyrrole nitrogens is 1. The van der Waals surface area contributed by atoms with Gasteiger partial charge < -0.3 is 14.8 Å². The number of likely N-dealkylation sites (tertiary alicyclic amines) is 1. The van der Waals surface area contributed by atoms with Crippen LogP contribution in [0, 0.1) is 0 Å². The molecule has 3 aromatic carbocycles. The molecule has 0 bridgehead atoms. The second-order valence-electron chi connectivity index (χ2n) is 7.76. The number of benzene rings is 3. The largest absolute Gasteiger partial charge is 0.507 e. The van der Waals surface area contributed by atoms with Crippen molar-refractivity contribution in [2.45, 2.75) is 25.5 Å². The van der Waals surface area contributed by atoms with E-state index in [9.17, 15) is 9.90 Å². The molecule has 6 nitrogen and oxygen atoms in total. The third kappa shape index (κ3) is 3.84. The number of imidazole rings is 1. The molecule has 1 aliphatic heterocycles. The van der Waals surface area contributed by atoms with Crippen LogP contribution >= 0.6 is 0 Å².